The van der Waals surface area contributed by atoms with E-state index < -0.39 is 16.1 Å². The molecule has 0 bridgehead atoms. The summed E-state index contributed by atoms with van der Waals surface area (Å²) in [4.78, 5) is 0. The minimum absolute atomic E-state index is 0.132. The molecule has 0 aromatic heterocycles. The third-order valence-electron chi connectivity index (χ3n) is 4.52. The van der Waals surface area contributed by atoms with Crippen molar-refractivity contribution in [1.82, 2.24) is 0 Å². The first-order valence-electron chi connectivity index (χ1n) is 8.33. The summed E-state index contributed by atoms with van der Waals surface area (Å²) in [6, 6.07) is 0. The van der Waals surface area contributed by atoms with E-state index in [1.165, 1.54) is 0 Å². The summed E-state index contributed by atoms with van der Waals surface area (Å²) in [5.74, 6) is 0.331. The van der Waals surface area contributed by atoms with Crippen LogP contribution in [0.1, 0.15) is 6.42 Å². The lowest BCUT2D eigenvalue weighted by molar-refractivity contribution is -0.231. The van der Waals surface area contributed by atoms with Crippen molar-refractivity contribution < 1.29 is 14.2 Å². The molecular weight excluding hydrogens is 308 g/mol. The molecule has 0 amide bonds. The summed E-state index contributed by atoms with van der Waals surface area (Å²) in [6.45, 7) is 15.9. The Morgan fingerprint density at radius 3 is 2.05 bits per heavy atom. The molecule has 0 aromatic carbocycles. The van der Waals surface area contributed by atoms with Gasteiger partial charge in [-0.1, -0.05) is 61.8 Å². The van der Waals surface area contributed by atoms with E-state index in [0.717, 1.165) is 13.0 Å². The van der Waals surface area contributed by atoms with Crippen LogP contribution in [0, 0.1) is 5.92 Å². The Hall–Kier alpha value is -0.206. The molecule has 1 heterocycles. The van der Waals surface area contributed by atoms with Gasteiger partial charge in [-0.25, -0.2) is 0 Å². The van der Waals surface area contributed by atoms with Crippen LogP contribution < -0.4 is 0 Å². The van der Waals surface area contributed by atoms with Gasteiger partial charge in [0.05, 0.1) is 35.5 Å². The molecule has 3 nitrogen and oxygen atoms in total. The highest BCUT2D eigenvalue weighted by molar-refractivity contribution is 6.86. The van der Waals surface area contributed by atoms with E-state index in [1.807, 2.05) is 0 Å². The van der Waals surface area contributed by atoms with E-state index in [4.69, 9.17) is 14.2 Å². The first-order valence-corrected chi connectivity index (χ1v) is 15.3. The molecule has 1 aliphatic carbocycles. The van der Waals surface area contributed by atoms with Crippen LogP contribution in [-0.4, -0.2) is 48.9 Å². The minimum Gasteiger partial charge on any atom is -0.382 e. The second kappa shape index (κ2) is 6.73. The summed E-state index contributed by atoms with van der Waals surface area (Å²) in [7, 11) is -1.04. The van der Waals surface area contributed by atoms with E-state index >= 15 is 0 Å². The van der Waals surface area contributed by atoms with Crippen molar-refractivity contribution in [3.8, 4) is 0 Å². The molecule has 0 aromatic rings. The molecule has 2 rings (SSSR count). The van der Waals surface area contributed by atoms with Gasteiger partial charge in [-0.05, 0) is 6.42 Å². The van der Waals surface area contributed by atoms with Crippen molar-refractivity contribution in [3.05, 3.63) is 22.5 Å². The predicted octanol–water partition coefficient (Wildman–Crippen LogP) is 4.00. The maximum atomic E-state index is 6.28. The molecule has 2 atom stereocenters. The van der Waals surface area contributed by atoms with Crippen molar-refractivity contribution in [2.45, 2.75) is 58.1 Å². The fraction of sp³-hybridized carbons (Fsp3) is 0.765. The van der Waals surface area contributed by atoms with Gasteiger partial charge in [-0.15, -0.1) is 0 Å². The van der Waals surface area contributed by atoms with Crippen molar-refractivity contribution in [3.63, 3.8) is 0 Å². The molecule has 22 heavy (non-hydrogen) atoms. The first kappa shape index (κ1) is 18.1. The molecule has 1 saturated heterocycles. The van der Waals surface area contributed by atoms with Crippen molar-refractivity contribution in [1.29, 1.82) is 0 Å². The normalized spacial score (nSPS) is 27.8. The van der Waals surface area contributed by atoms with Crippen LogP contribution in [0.4, 0.5) is 0 Å². The Labute approximate surface area is 137 Å². The number of allylic oxidation sites excluding steroid dienone is 2. The van der Waals surface area contributed by atoms with Gasteiger partial charge in [0.25, 0.3) is 0 Å². The molecule has 126 valence electrons. The lowest BCUT2D eigenvalue weighted by Gasteiger charge is -2.40. The maximum absolute atomic E-state index is 6.28. The van der Waals surface area contributed by atoms with Gasteiger partial charge < -0.3 is 14.2 Å². The zero-order valence-electron chi connectivity index (χ0n) is 15.2. The summed E-state index contributed by atoms with van der Waals surface area (Å²) in [6.07, 6.45) is 5.70. The third kappa shape index (κ3) is 4.00. The van der Waals surface area contributed by atoms with E-state index in [9.17, 15) is 0 Å². The van der Waals surface area contributed by atoms with Crippen molar-refractivity contribution in [2.24, 2.45) is 5.92 Å². The number of ether oxygens (including phenoxy) is 3. The summed E-state index contributed by atoms with van der Waals surface area (Å²) >= 11 is 0. The molecule has 1 aliphatic heterocycles. The quantitative estimate of drug-likeness (QED) is 0.708. The molecule has 1 unspecified atom stereocenters. The van der Waals surface area contributed by atoms with Crippen molar-refractivity contribution >= 4 is 16.1 Å². The zero-order chi connectivity index (χ0) is 16.5. The fourth-order valence-electron chi connectivity index (χ4n) is 3.38. The average molecular weight is 341 g/mol. The van der Waals surface area contributed by atoms with Crippen molar-refractivity contribution in [2.75, 3.05) is 20.3 Å². The molecule has 0 radical (unpaired) electrons. The Bertz CT molecular complexity index is 426. The van der Waals surface area contributed by atoms with Crippen LogP contribution >= 0.6 is 0 Å². The molecule has 0 saturated carbocycles. The highest BCUT2D eigenvalue weighted by Crippen LogP contribution is 2.42. The topological polar surface area (TPSA) is 27.7 Å². The Balaban J connectivity index is 2.25. The van der Waals surface area contributed by atoms with Gasteiger partial charge in [0.15, 0.2) is 6.29 Å². The smallest absolute Gasteiger partial charge is 0.167 e. The van der Waals surface area contributed by atoms with E-state index in [1.54, 1.807) is 17.5 Å². The first-order chi connectivity index (χ1) is 10.1. The van der Waals surface area contributed by atoms with Crippen LogP contribution in [0.15, 0.2) is 22.5 Å². The molecule has 1 fully saturated rings. The van der Waals surface area contributed by atoms with Crippen LogP contribution in [-0.2, 0) is 14.2 Å². The summed E-state index contributed by atoms with van der Waals surface area (Å²) in [5.41, 5.74) is 0. The molecular formula is C17H32O3Si2. The number of hydrogen-bond donors (Lipinski definition) is 0. The van der Waals surface area contributed by atoms with E-state index in [2.05, 4.69) is 51.4 Å². The minimum atomic E-state index is -1.39. The lowest BCUT2D eigenvalue weighted by Crippen LogP contribution is -2.46. The monoisotopic (exact) mass is 340 g/mol. The van der Waals surface area contributed by atoms with Gasteiger partial charge in [-0.3, -0.25) is 0 Å². The predicted molar refractivity (Wildman–Crippen MR) is 97.5 cm³/mol. The number of methoxy groups -OCH3 is 1. The summed E-state index contributed by atoms with van der Waals surface area (Å²) < 4.78 is 17.6. The van der Waals surface area contributed by atoms with E-state index in [0.29, 0.717) is 12.5 Å². The Morgan fingerprint density at radius 2 is 1.59 bits per heavy atom. The van der Waals surface area contributed by atoms with Crippen LogP contribution in [0.5, 0.6) is 0 Å². The Morgan fingerprint density at radius 1 is 1.05 bits per heavy atom. The SMILES string of the molecule is COC[C@@H]1CCOC(C2C([Si](C)(C)C)=CC=C2[Si](C)(C)C)O1. The van der Waals surface area contributed by atoms with Crippen LogP contribution in [0.3, 0.4) is 0 Å². The number of hydrogen-bond acceptors (Lipinski definition) is 3. The van der Waals surface area contributed by atoms with Gasteiger partial charge in [0, 0.05) is 13.0 Å². The maximum Gasteiger partial charge on any atom is 0.167 e. The third-order valence-corrected chi connectivity index (χ3v) is 8.94. The fourth-order valence-corrected chi connectivity index (χ4v) is 7.14. The van der Waals surface area contributed by atoms with Crippen LogP contribution in [0.25, 0.3) is 0 Å². The second-order valence-electron chi connectivity index (χ2n) is 8.46. The average Bonchev–Trinajstić information content (AvgIpc) is 2.84. The number of rotatable bonds is 5. The molecule has 0 N–H and O–H groups in total. The van der Waals surface area contributed by atoms with Gasteiger partial charge in [-0.2, -0.15) is 0 Å². The molecule has 0 spiro atoms. The largest absolute Gasteiger partial charge is 0.382 e. The highest BCUT2D eigenvalue weighted by Gasteiger charge is 2.43. The van der Waals surface area contributed by atoms with Gasteiger partial charge in [0.1, 0.15) is 0 Å². The zero-order valence-corrected chi connectivity index (χ0v) is 17.2. The Kier molecular flexibility index (Phi) is 5.55. The highest BCUT2D eigenvalue weighted by atomic mass is 28.3. The van der Waals surface area contributed by atoms with E-state index in [-0.39, 0.29) is 12.4 Å². The van der Waals surface area contributed by atoms with Gasteiger partial charge >= 0.3 is 0 Å². The second-order valence-corrected chi connectivity index (χ2v) is 18.6. The molecule has 5 heteroatoms. The summed E-state index contributed by atoms with van der Waals surface area (Å²) in [5, 5.41) is 3.15. The lowest BCUT2D eigenvalue weighted by atomic mass is 10.1. The standard InChI is InChI=1S/C17H32O3Si2/c1-18-12-13-10-11-19-17(20-13)16-14(21(2,3)4)8-9-15(16)22(5,6)7/h8-9,13,16-17H,10-12H2,1-7H3/t13-,17?/m0/s1. The van der Waals surface area contributed by atoms with Gasteiger partial charge in [0.2, 0.25) is 0 Å². The molecule has 2 aliphatic rings. The van der Waals surface area contributed by atoms with Crippen LogP contribution in [0.2, 0.25) is 39.3 Å².